The number of nitrogens with one attached hydrogen (secondary N) is 1. The number of piperidine rings is 1. The molecule has 2 aliphatic heterocycles. The van der Waals surface area contributed by atoms with Crippen LogP contribution in [0.25, 0.3) is 0 Å². The molecule has 0 aliphatic carbocycles. The lowest BCUT2D eigenvalue weighted by Gasteiger charge is -2.37. The molecule has 110 valence electrons. The molecule has 2 aliphatic rings. The van der Waals surface area contributed by atoms with Gasteiger partial charge in [0.05, 0.1) is 6.10 Å². The van der Waals surface area contributed by atoms with Gasteiger partial charge in [-0.1, -0.05) is 0 Å². The lowest BCUT2D eigenvalue weighted by Crippen LogP contribution is -2.46. The third-order valence-electron chi connectivity index (χ3n) is 3.94. The third kappa shape index (κ3) is 3.83. The van der Waals surface area contributed by atoms with Crippen LogP contribution in [0.15, 0.2) is 0 Å². The predicted molar refractivity (Wildman–Crippen MR) is 72.9 cm³/mol. The summed E-state index contributed by atoms with van der Waals surface area (Å²) in [6.07, 6.45) is 1.58. The van der Waals surface area contributed by atoms with Crippen molar-refractivity contribution in [1.29, 1.82) is 0 Å². The van der Waals surface area contributed by atoms with Crippen LogP contribution in [0, 0.1) is 11.8 Å². The summed E-state index contributed by atoms with van der Waals surface area (Å²) in [5.41, 5.74) is -0.446. The Hall–Kier alpha value is -0.810. The maximum Gasteiger partial charge on any atom is 0.410 e. The van der Waals surface area contributed by atoms with Crippen molar-refractivity contribution < 1.29 is 14.6 Å². The van der Waals surface area contributed by atoms with Gasteiger partial charge in [0.15, 0.2) is 0 Å². The van der Waals surface area contributed by atoms with Gasteiger partial charge in [0, 0.05) is 32.1 Å². The topological polar surface area (TPSA) is 61.8 Å². The lowest BCUT2D eigenvalue weighted by atomic mass is 9.83. The number of nitrogens with zero attached hydrogens (tertiary/aromatic N) is 1. The maximum absolute atomic E-state index is 12.1. The molecule has 2 heterocycles. The van der Waals surface area contributed by atoms with Gasteiger partial charge in [-0.2, -0.15) is 0 Å². The van der Waals surface area contributed by atoms with Crippen molar-refractivity contribution >= 4 is 6.09 Å². The van der Waals surface area contributed by atoms with Gasteiger partial charge in [-0.25, -0.2) is 4.79 Å². The zero-order valence-corrected chi connectivity index (χ0v) is 12.2. The number of aliphatic hydroxyl groups excluding tert-OH is 1. The van der Waals surface area contributed by atoms with Crippen LogP contribution in [-0.4, -0.2) is 54.0 Å². The van der Waals surface area contributed by atoms with E-state index >= 15 is 0 Å². The van der Waals surface area contributed by atoms with Crippen molar-refractivity contribution in [2.24, 2.45) is 11.8 Å². The molecule has 0 aromatic rings. The first kappa shape index (κ1) is 14.6. The van der Waals surface area contributed by atoms with E-state index in [1.807, 2.05) is 20.8 Å². The van der Waals surface area contributed by atoms with E-state index in [4.69, 9.17) is 4.74 Å². The molecule has 0 saturated carbocycles. The average Bonchev–Trinajstić information content (AvgIpc) is 2.73. The Morgan fingerprint density at radius 3 is 2.68 bits per heavy atom. The maximum atomic E-state index is 12.1. The summed E-state index contributed by atoms with van der Waals surface area (Å²) in [5.74, 6) is 0.650. The van der Waals surface area contributed by atoms with Crippen LogP contribution < -0.4 is 5.32 Å². The Balaban J connectivity index is 1.91. The molecule has 2 rings (SSSR count). The molecule has 2 saturated heterocycles. The first-order valence-electron chi connectivity index (χ1n) is 7.23. The van der Waals surface area contributed by atoms with E-state index in [9.17, 15) is 9.90 Å². The predicted octanol–water partition coefficient (Wildman–Crippen LogP) is 1.21. The van der Waals surface area contributed by atoms with Gasteiger partial charge in [-0.15, -0.1) is 0 Å². The first-order chi connectivity index (χ1) is 8.87. The lowest BCUT2D eigenvalue weighted by molar-refractivity contribution is 0.00733. The van der Waals surface area contributed by atoms with Crippen LogP contribution in [-0.2, 0) is 4.74 Å². The summed E-state index contributed by atoms with van der Waals surface area (Å²) in [5, 5.41) is 13.2. The average molecular weight is 270 g/mol. The van der Waals surface area contributed by atoms with Gasteiger partial charge in [0.2, 0.25) is 0 Å². The zero-order valence-electron chi connectivity index (χ0n) is 12.2. The van der Waals surface area contributed by atoms with Gasteiger partial charge in [-0.05, 0) is 39.5 Å². The SMILES string of the molecule is CC(C)(C)OC(=O)N1CCCC(C2CNCC2O)C1. The highest BCUT2D eigenvalue weighted by Crippen LogP contribution is 2.29. The van der Waals surface area contributed by atoms with Crippen molar-refractivity contribution in [3.8, 4) is 0 Å². The second-order valence-electron chi connectivity index (χ2n) is 6.72. The minimum absolute atomic E-state index is 0.224. The molecule has 0 radical (unpaired) electrons. The van der Waals surface area contributed by atoms with Gasteiger partial charge in [0.1, 0.15) is 5.60 Å². The number of carbonyl (C=O) groups excluding carboxylic acids is 1. The largest absolute Gasteiger partial charge is 0.444 e. The Morgan fingerprint density at radius 2 is 2.11 bits per heavy atom. The highest BCUT2D eigenvalue weighted by molar-refractivity contribution is 5.68. The molecule has 3 atom stereocenters. The summed E-state index contributed by atoms with van der Waals surface area (Å²) in [6.45, 7) is 8.66. The molecule has 0 bridgehead atoms. The molecule has 0 aromatic carbocycles. The van der Waals surface area contributed by atoms with Crippen LogP contribution in [0.4, 0.5) is 4.79 Å². The van der Waals surface area contributed by atoms with Crippen molar-refractivity contribution in [3.05, 3.63) is 0 Å². The van der Waals surface area contributed by atoms with Gasteiger partial charge >= 0.3 is 6.09 Å². The van der Waals surface area contributed by atoms with Crippen molar-refractivity contribution in [2.75, 3.05) is 26.2 Å². The number of rotatable bonds is 1. The number of amides is 1. The van der Waals surface area contributed by atoms with Crippen LogP contribution >= 0.6 is 0 Å². The molecule has 5 nitrogen and oxygen atoms in total. The van der Waals surface area contributed by atoms with Crippen LogP contribution in [0.5, 0.6) is 0 Å². The molecule has 1 amide bonds. The molecule has 5 heteroatoms. The second kappa shape index (κ2) is 5.67. The number of ether oxygens (including phenoxy) is 1. The Labute approximate surface area is 115 Å². The standard InChI is InChI=1S/C14H26N2O3/c1-14(2,3)19-13(18)16-6-4-5-10(9-16)11-7-15-8-12(11)17/h10-12,15,17H,4-9H2,1-3H3. The molecule has 3 unspecified atom stereocenters. The summed E-state index contributed by atoms with van der Waals surface area (Å²) in [6, 6.07) is 0. The highest BCUT2D eigenvalue weighted by Gasteiger charge is 2.36. The number of aliphatic hydroxyl groups is 1. The third-order valence-corrected chi connectivity index (χ3v) is 3.94. The van der Waals surface area contributed by atoms with E-state index in [0.29, 0.717) is 19.0 Å². The Kier molecular flexibility index (Phi) is 4.36. The number of likely N-dealkylation sites (tertiary alicyclic amines) is 1. The molecule has 19 heavy (non-hydrogen) atoms. The first-order valence-corrected chi connectivity index (χ1v) is 7.23. The van der Waals surface area contributed by atoms with Crippen LogP contribution in [0.2, 0.25) is 0 Å². The number of β-amino-alcohol motifs (C(OH)–C–C–N with tert-alkyl or cyclic N) is 1. The van der Waals surface area contributed by atoms with Gasteiger partial charge in [-0.3, -0.25) is 0 Å². The van der Waals surface area contributed by atoms with Crippen molar-refractivity contribution in [3.63, 3.8) is 0 Å². The van der Waals surface area contributed by atoms with E-state index in [0.717, 1.165) is 25.9 Å². The molecule has 2 N–H and O–H groups in total. The van der Waals surface area contributed by atoms with Gasteiger partial charge in [0.25, 0.3) is 0 Å². The zero-order chi connectivity index (χ0) is 14.0. The van der Waals surface area contributed by atoms with Crippen molar-refractivity contribution in [2.45, 2.75) is 45.3 Å². The summed E-state index contributed by atoms with van der Waals surface area (Å²) in [4.78, 5) is 13.9. The molecule has 0 spiro atoms. The summed E-state index contributed by atoms with van der Waals surface area (Å²) in [7, 11) is 0. The molecular formula is C14H26N2O3. The summed E-state index contributed by atoms with van der Waals surface area (Å²) < 4.78 is 5.42. The van der Waals surface area contributed by atoms with Crippen molar-refractivity contribution in [1.82, 2.24) is 10.2 Å². The quantitative estimate of drug-likeness (QED) is 0.752. The summed E-state index contributed by atoms with van der Waals surface area (Å²) >= 11 is 0. The Morgan fingerprint density at radius 1 is 1.37 bits per heavy atom. The fourth-order valence-electron chi connectivity index (χ4n) is 3.02. The fraction of sp³-hybridized carbons (Fsp3) is 0.929. The number of hydrogen-bond donors (Lipinski definition) is 2. The minimum atomic E-state index is -0.446. The van der Waals surface area contributed by atoms with E-state index in [1.165, 1.54) is 0 Å². The number of hydrogen-bond acceptors (Lipinski definition) is 4. The van der Waals surface area contributed by atoms with Crippen LogP contribution in [0.1, 0.15) is 33.6 Å². The Bertz CT molecular complexity index is 327. The number of carbonyl (C=O) groups is 1. The van der Waals surface area contributed by atoms with E-state index in [1.54, 1.807) is 4.90 Å². The van der Waals surface area contributed by atoms with E-state index < -0.39 is 5.60 Å². The molecule has 0 aromatic heterocycles. The fourth-order valence-corrected chi connectivity index (χ4v) is 3.02. The molecular weight excluding hydrogens is 244 g/mol. The van der Waals surface area contributed by atoms with Crippen LogP contribution in [0.3, 0.4) is 0 Å². The van der Waals surface area contributed by atoms with Gasteiger partial charge < -0.3 is 20.1 Å². The van der Waals surface area contributed by atoms with E-state index in [2.05, 4.69) is 5.32 Å². The monoisotopic (exact) mass is 270 g/mol. The normalized spacial score (nSPS) is 32.4. The van der Waals surface area contributed by atoms with E-state index in [-0.39, 0.29) is 18.1 Å². The molecule has 2 fully saturated rings. The minimum Gasteiger partial charge on any atom is -0.444 e. The second-order valence-corrected chi connectivity index (χ2v) is 6.72. The highest BCUT2D eigenvalue weighted by atomic mass is 16.6. The smallest absolute Gasteiger partial charge is 0.410 e.